The number of rotatable bonds is 8. The quantitative estimate of drug-likeness (QED) is 0.768. The standard InChI is InChI=1S/C17H29NO2/c1-6-13(2)17(4,19)12-18-14(3)11-15-9-7-8-10-16(15)20-5/h7-10,13-14,18-19H,6,11-12H2,1-5H3. The van der Waals surface area contributed by atoms with Crippen molar-refractivity contribution in [3.8, 4) is 5.75 Å². The first kappa shape index (κ1) is 17.0. The maximum Gasteiger partial charge on any atom is 0.122 e. The average Bonchev–Trinajstić information content (AvgIpc) is 2.45. The van der Waals surface area contributed by atoms with Gasteiger partial charge in [0.1, 0.15) is 5.75 Å². The summed E-state index contributed by atoms with van der Waals surface area (Å²) in [5.41, 5.74) is 0.530. The molecule has 3 heteroatoms. The lowest BCUT2D eigenvalue weighted by Crippen LogP contribution is -2.46. The Morgan fingerprint density at radius 3 is 2.55 bits per heavy atom. The van der Waals surface area contributed by atoms with Crippen LogP contribution in [0.1, 0.15) is 39.7 Å². The van der Waals surface area contributed by atoms with E-state index in [1.807, 2.05) is 25.1 Å². The number of para-hydroxylation sites is 1. The van der Waals surface area contributed by atoms with Gasteiger partial charge >= 0.3 is 0 Å². The Balaban J connectivity index is 2.54. The van der Waals surface area contributed by atoms with Crippen LogP contribution >= 0.6 is 0 Å². The van der Waals surface area contributed by atoms with Gasteiger partial charge in [-0.05, 0) is 37.8 Å². The normalized spacial score (nSPS) is 17.3. The third-order valence-corrected chi connectivity index (χ3v) is 4.20. The van der Waals surface area contributed by atoms with E-state index in [1.54, 1.807) is 7.11 Å². The van der Waals surface area contributed by atoms with Crippen LogP contribution in [-0.4, -0.2) is 30.4 Å². The first-order valence-corrected chi connectivity index (χ1v) is 7.48. The van der Waals surface area contributed by atoms with Gasteiger partial charge in [0.2, 0.25) is 0 Å². The summed E-state index contributed by atoms with van der Waals surface area (Å²) in [5.74, 6) is 1.21. The number of aliphatic hydroxyl groups is 1. The number of ether oxygens (including phenoxy) is 1. The summed E-state index contributed by atoms with van der Waals surface area (Å²) >= 11 is 0. The molecule has 0 aromatic heterocycles. The fourth-order valence-corrected chi connectivity index (χ4v) is 2.27. The second-order valence-electron chi connectivity index (χ2n) is 5.96. The van der Waals surface area contributed by atoms with Crippen molar-refractivity contribution in [1.82, 2.24) is 5.32 Å². The van der Waals surface area contributed by atoms with Crippen LogP contribution in [0.4, 0.5) is 0 Å². The van der Waals surface area contributed by atoms with Crippen LogP contribution < -0.4 is 10.1 Å². The van der Waals surface area contributed by atoms with Crippen LogP contribution in [0.3, 0.4) is 0 Å². The van der Waals surface area contributed by atoms with E-state index in [0.29, 0.717) is 12.6 Å². The second kappa shape index (κ2) is 7.65. The fraction of sp³-hybridized carbons (Fsp3) is 0.647. The van der Waals surface area contributed by atoms with E-state index >= 15 is 0 Å². The van der Waals surface area contributed by atoms with Gasteiger partial charge < -0.3 is 15.2 Å². The Bertz CT molecular complexity index is 404. The summed E-state index contributed by atoms with van der Waals surface area (Å²) in [5, 5.41) is 13.8. The van der Waals surface area contributed by atoms with Gasteiger partial charge in [-0.15, -0.1) is 0 Å². The molecule has 1 aromatic carbocycles. The van der Waals surface area contributed by atoms with E-state index in [-0.39, 0.29) is 5.92 Å². The van der Waals surface area contributed by atoms with E-state index in [9.17, 15) is 5.11 Å². The van der Waals surface area contributed by atoms with Crippen molar-refractivity contribution in [3.05, 3.63) is 29.8 Å². The third-order valence-electron chi connectivity index (χ3n) is 4.20. The molecule has 1 aromatic rings. The maximum atomic E-state index is 10.4. The summed E-state index contributed by atoms with van der Waals surface area (Å²) in [6.07, 6.45) is 1.87. The molecule has 0 heterocycles. The largest absolute Gasteiger partial charge is 0.496 e. The molecule has 3 nitrogen and oxygen atoms in total. The molecule has 0 aliphatic heterocycles. The number of hydrogen-bond donors (Lipinski definition) is 2. The van der Waals surface area contributed by atoms with Crippen LogP contribution in [0.25, 0.3) is 0 Å². The number of benzene rings is 1. The lowest BCUT2D eigenvalue weighted by Gasteiger charge is -2.31. The van der Waals surface area contributed by atoms with E-state index in [0.717, 1.165) is 18.6 Å². The predicted octanol–water partition coefficient (Wildman–Crippen LogP) is 3.01. The van der Waals surface area contributed by atoms with Gasteiger partial charge in [0.05, 0.1) is 12.7 Å². The molecule has 20 heavy (non-hydrogen) atoms. The predicted molar refractivity (Wildman–Crippen MR) is 84.2 cm³/mol. The molecule has 0 saturated heterocycles. The van der Waals surface area contributed by atoms with Gasteiger partial charge in [-0.1, -0.05) is 38.5 Å². The number of hydrogen-bond acceptors (Lipinski definition) is 3. The summed E-state index contributed by atoms with van der Waals surface area (Å²) in [6, 6.07) is 8.37. The lowest BCUT2D eigenvalue weighted by molar-refractivity contribution is 0.00370. The van der Waals surface area contributed by atoms with Crippen LogP contribution in [0.5, 0.6) is 5.75 Å². The SMILES string of the molecule is CCC(C)C(C)(O)CNC(C)Cc1ccccc1OC. The summed E-state index contributed by atoms with van der Waals surface area (Å²) in [4.78, 5) is 0. The molecular weight excluding hydrogens is 250 g/mol. The van der Waals surface area contributed by atoms with Gasteiger partial charge in [0, 0.05) is 12.6 Å². The van der Waals surface area contributed by atoms with Crippen LogP contribution in [0.2, 0.25) is 0 Å². The molecule has 2 N–H and O–H groups in total. The number of nitrogens with one attached hydrogen (secondary N) is 1. The molecule has 0 aliphatic carbocycles. The number of methoxy groups -OCH3 is 1. The maximum absolute atomic E-state index is 10.4. The molecular formula is C17H29NO2. The zero-order valence-electron chi connectivity index (χ0n) is 13.4. The summed E-state index contributed by atoms with van der Waals surface area (Å²) in [7, 11) is 1.70. The molecule has 0 amide bonds. The van der Waals surface area contributed by atoms with Crippen LogP contribution in [0, 0.1) is 5.92 Å². The topological polar surface area (TPSA) is 41.5 Å². The van der Waals surface area contributed by atoms with E-state index in [4.69, 9.17) is 4.74 Å². The van der Waals surface area contributed by atoms with Crippen molar-refractivity contribution in [1.29, 1.82) is 0 Å². The molecule has 3 unspecified atom stereocenters. The first-order chi connectivity index (χ1) is 9.40. The monoisotopic (exact) mass is 279 g/mol. The average molecular weight is 279 g/mol. The van der Waals surface area contributed by atoms with Gasteiger partial charge in [-0.25, -0.2) is 0 Å². The van der Waals surface area contributed by atoms with Gasteiger partial charge in [0.15, 0.2) is 0 Å². The van der Waals surface area contributed by atoms with E-state index in [1.165, 1.54) is 5.56 Å². The third kappa shape index (κ3) is 4.80. The van der Waals surface area contributed by atoms with Gasteiger partial charge in [-0.3, -0.25) is 0 Å². The Morgan fingerprint density at radius 1 is 1.30 bits per heavy atom. The fourth-order valence-electron chi connectivity index (χ4n) is 2.27. The molecule has 0 aliphatic rings. The Hall–Kier alpha value is -1.06. The molecule has 1 rings (SSSR count). The second-order valence-corrected chi connectivity index (χ2v) is 5.96. The van der Waals surface area contributed by atoms with Crippen molar-refractivity contribution in [2.45, 2.75) is 52.2 Å². The van der Waals surface area contributed by atoms with E-state index < -0.39 is 5.60 Å². The molecule has 0 radical (unpaired) electrons. The molecule has 3 atom stereocenters. The highest BCUT2D eigenvalue weighted by molar-refractivity contribution is 5.33. The minimum Gasteiger partial charge on any atom is -0.496 e. The smallest absolute Gasteiger partial charge is 0.122 e. The molecule has 0 bridgehead atoms. The van der Waals surface area contributed by atoms with Gasteiger partial charge in [0.25, 0.3) is 0 Å². The summed E-state index contributed by atoms with van der Waals surface area (Å²) in [6.45, 7) is 8.85. The van der Waals surface area contributed by atoms with Gasteiger partial charge in [-0.2, -0.15) is 0 Å². The molecule has 0 spiro atoms. The highest BCUT2D eigenvalue weighted by Gasteiger charge is 2.27. The van der Waals surface area contributed by atoms with Crippen molar-refractivity contribution in [2.24, 2.45) is 5.92 Å². The molecule has 114 valence electrons. The van der Waals surface area contributed by atoms with Crippen molar-refractivity contribution in [3.63, 3.8) is 0 Å². The first-order valence-electron chi connectivity index (χ1n) is 7.48. The Kier molecular flexibility index (Phi) is 6.50. The van der Waals surface area contributed by atoms with Crippen LogP contribution in [-0.2, 0) is 6.42 Å². The minimum atomic E-state index is -0.663. The molecule has 0 fully saturated rings. The van der Waals surface area contributed by atoms with Crippen molar-refractivity contribution < 1.29 is 9.84 Å². The summed E-state index contributed by atoms with van der Waals surface area (Å²) < 4.78 is 5.37. The Labute approximate surface area is 123 Å². The molecule has 0 saturated carbocycles. The minimum absolute atomic E-state index is 0.286. The zero-order chi connectivity index (χ0) is 15.2. The van der Waals surface area contributed by atoms with Crippen LogP contribution in [0.15, 0.2) is 24.3 Å². The zero-order valence-corrected chi connectivity index (χ0v) is 13.4. The highest BCUT2D eigenvalue weighted by Crippen LogP contribution is 2.21. The lowest BCUT2D eigenvalue weighted by atomic mass is 9.88. The highest BCUT2D eigenvalue weighted by atomic mass is 16.5. The van der Waals surface area contributed by atoms with Crippen molar-refractivity contribution in [2.75, 3.05) is 13.7 Å². The van der Waals surface area contributed by atoms with E-state index in [2.05, 4.69) is 32.2 Å². The van der Waals surface area contributed by atoms with Crippen molar-refractivity contribution >= 4 is 0 Å². The Morgan fingerprint density at radius 2 is 1.95 bits per heavy atom.